The number of amides is 1. The lowest BCUT2D eigenvalue weighted by atomic mass is 10.1. The Morgan fingerprint density at radius 1 is 1.17 bits per heavy atom. The summed E-state index contributed by atoms with van der Waals surface area (Å²) in [4.78, 5) is 26.7. The molecule has 7 nitrogen and oxygen atoms in total. The van der Waals surface area contributed by atoms with Crippen molar-refractivity contribution in [1.82, 2.24) is 20.5 Å². The Morgan fingerprint density at radius 2 is 2.04 bits per heavy atom. The first-order chi connectivity index (χ1) is 11.7. The highest BCUT2D eigenvalue weighted by Gasteiger charge is 2.13. The van der Waals surface area contributed by atoms with Gasteiger partial charge in [0.25, 0.3) is 5.91 Å². The number of carbonyl (C=O) groups is 2. The summed E-state index contributed by atoms with van der Waals surface area (Å²) in [5.41, 5.74) is 3.29. The number of H-pyrrole nitrogens is 2. The Morgan fingerprint density at radius 3 is 2.88 bits per heavy atom. The van der Waals surface area contributed by atoms with Crippen molar-refractivity contribution in [1.29, 1.82) is 0 Å². The number of esters is 1. The van der Waals surface area contributed by atoms with Gasteiger partial charge in [-0.1, -0.05) is 12.1 Å². The zero-order valence-electron chi connectivity index (χ0n) is 12.8. The highest BCUT2D eigenvalue weighted by Crippen LogP contribution is 2.30. The fourth-order valence-electron chi connectivity index (χ4n) is 2.85. The van der Waals surface area contributed by atoms with Crippen molar-refractivity contribution < 1.29 is 14.3 Å². The van der Waals surface area contributed by atoms with E-state index < -0.39 is 5.97 Å². The maximum Gasteiger partial charge on any atom is 0.325 e. The van der Waals surface area contributed by atoms with Crippen LogP contribution in [0.25, 0.3) is 32.7 Å². The van der Waals surface area contributed by atoms with E-state index in [1.165, 1.54) is 7.11 Å². The normalized spacial score (nSPS) is 11.2. The van der Waals surface area contributed by atoms with Crippen molar-refractivity contribution in [3.8, 4) is 0 Å². The van der Waals surface area contributed by atoms with E-state index in [0.29, 0.717) is 5.56 Å². The van der Waals surface area contributed by atoms with E-state index in [1.807, 2.05) is 24.3 Å². The van der Waals surface area contributed by atoms with Gasteiger partial charge >= 0.3 is 5.97 Å². The molecule has 2 aromatic heterocycles. The lowest BCUT2D eigenvalue weighted by Gasteiger charge is -2.04. The van der Waals surface area contributed by atoms with Gasteiger partial charge in [-0.2, -0.15) is 5.10 Å². The number of methoxy groups -OCH3 is 1. The standard InChI is InChI=1S/C17H14N4O3/c1-24-14(22)8-18-17(23)9-3-5-13-12(6-9)11-4-2-10-7-19-21-15(10)16(11)20-13/h2-7,20H,8H2,1H3,(H,18,23)(H,19,21). The molecule has 0 saturated heterocycles. The zero-order valence-corrected chi connectivity index (χ0v) is 12.8. The van der Waals surface area contributed by atoms with Crippen molar-refractivity contribution in [2.24, 2.45) is 0 Å². The van der Waals surface area contributed by atoms with Crippen LogP contribution in [0.4, 0.5) is 0 Å². The third kappa shape index (κ3) is 2.18. The molecule has 0 atom stereocenters. The summed E-state index contributed by atoms with van der Waals surface area (Å²) in [5.74, 6) is -0.808. The van der Waals surface area contributed by atoms with Crippen LogP contribution in [0.2, 0.25) is 0 Å². The molecule has 0 unspecified atom stereocenters. The Bertz CT molecular complexity index is 1090. The quantitative estimate of drug-likeness (QED) is 0.503. The molecule has 24 heavy (non-hydrogen) atoms. The average molecular weight is 322 g/mol. The molecule has 0 spiro atoms. The van der Waals surface area contributed by atoms with Gasteiger partial charge in [-0.25, -0.2) is 0 Å². The van der Waals surface area contributed by atoms with Crippen LogP contribution in [0.1, 0.15) is 10.4 Å². The molecule has 2 aromatic carbocycles. The largest absolute Gasteiger partial charge is 0.468 e. The van der Waals surface area contributed by atoms with E-state index in [9.17, 15) is 9.59 Å². The first-order valence-electron chi connectivity index (χ1n) is 7.40. The van der Waals surface area contributed by atoms with Gasteiger partial charge in [-0.15, -0.1) is 0 Å². The highest BCUT2D eigenvalue weighted by molar-refractivity contribution is 6.16. The summed E-state index contributed by atoms with van der Waals surface area (Å²) < 4.78 is 4.52. The smallest absolute Gasteiger partial charge is 0.325 e. The molecular weight excluding hydrogens is 308 g/mol. The lowest BCUT2D eigenvalue weighted by Crippen LogP contribution is -2.30. The van der Waals surface area contributed by atoms with Crippen LogP contribution in [0, 0.1) is 0 Å². The fraction of sp³-hybridized carbons (Fsp3) is 0.118. The van der Waals surface area contributed by atoms with Crippen LogP contribution in [0.5, 0.6) is 0 Å². The second-order valence-corrected chi connectivity index (χ2v) is 5.47. The summed E-state index contributed by atoms with van der Waals surface area (Å²) in [6.45, 7) is -0.157. The second kappa shape index (κ2) is 5.38. The predicted molar refractivity (Wildman–Crippen MR) is 89.8 cm³/mol. The molecule has 4 rings (SSSR count). The number of hydrogen-bond acceptors (Lipinski definition) is 4. The fourth-order valence-corrected chi connectivity index (χ4v) is 2.85. The van der Waals surface area contributed by atoms with Gasteiger partial charge in [0.05, 0.1) is 24.3 Å². The number of aromatic amines is 2. The van der Waals surface area contributed by atoms with Crippen molar-refractivity contribution >= 4 is 44.6 Å². The minimum atomic E-state index is -0.488. The predicted octanol–water partition coefficient (Wildman–Crippen LogP) is 2.10. The number of nitrogens with zero attached hydrogens (tertiary/aromatic N) is 1. The third-order valence-corrected chi connectivity index (χ3v) is 4.07. The monoisotopic (exact) mass is 322 g/mol. The second-order valence-electron chi connectivity index (χ2n) is 5.47. The van der Waals surface area contributed by atoms with Gasteiger partial charge in [0, 0.05) is 27.2 Å². The molecule has 2 heterocycles. The van der Waals surface area contributed by atoms with Gasteiger partial charge in [-0.05, 0) is 18.2 Å². The SMILES string of the molecule is COC(=O)CNC(=O)c1ccc2[nH]c3c(ccc4cn[nH]c43)c2c1. The average Bonchev–Trinajstić information content (AvgIpc) is 3.22. The highest BCUT2D eigenvalue weighted by atomic mass is 16.5. The Labute approximate surface area is 136 Å². The van der Waals surface area contributed by atoms with E-state index in [1.54, 1.807) is 12.3 Å². The van der Waals surface area contributed by atoms with E-state index in [0.717, 1.165) is 32.7 Å². The van der Waals surface area contributed by atoms with Crippen LogP contribution in [0.3, 0.4) is 0 Å². The number of fused-ring (bicyclic) bond motifs is 5. The van der Waals surface area contributed by atoms with Gasteiger partial charge in [0.1, 0.15) is 6.54 Å². The summed E-state index contributed by atoms with van der Waals surface area (Å²) in [7, 11) is 1.28. The number of ether oxygens (including phenoxy) is 1. The topological polar surface area (TPSA) is 99.9 Å². The number of rotatable bonds is 3. The first-order valence-corrected chi connectivity index (χ1v) is 7.40. The van der Waals surface area contributed by atoms with Crippen molar-refractivity contribution in [3.05, 3.63) is 42.1 Å². The molecular formula is C17H14N4O3. The minimum Gasteiger partial charge on any atom is -0.468 e. The van der Waals surface area contributed by atoms with E-state index in [-0.39, 0.29) is 12.5 Å². The van der Waals surface area contributed by atoms with E-state index >= 15 is 0 Å². The molecule has 120 valence electrons. The van der Waals surface area contributed by atoms with Crippen molar-refractivity contribution in [3.63, 3.8) is 0 Å². The van der Waals surface area contributed by atoms with Gasteiger partial charge in [-0.3, -0.25) is 14.7 Å². The Hall–Kier alpha value is -3.35. The van der Waals surface area contributed by atoms with Crippen LogP contribution < -0.4 is 5.32 Å². The number of carbonyl (C=O) groups excluding carboxylic acids is 2. The molecule has 0 aliphatic heterocycles. The molecule has 0 aliphatic rings. The molecule has 0 aliphatic carbocycles. The van der Waals surface area contributed by atoms with Crippen LogP contribution in [0.15, 0.2) is 36.5 Å². The van der Waals surface area contributed by atoms with E-state index in [2.05, 4.69) is 25.2 Å². The zero-order chi connectivity index (χ0) is 16.7. The molecule has 1 amide bonds. The lowest BCUT2D eigenvalue weighted by molar-refractivity contribution is -0.139. The molecule has 0 bridgehead atoms. The van der Waals surface area contributed by atoms with Gasteiger partial charge in [0.2, 0.25) is 0 Å². The Balaban J connectivity index is 1.78. The summed E-state index contributed by atoms with van der Waals surface area (Å²) in [6.07, 6.45) is 1.77. The molecule has 7 heteroatoms. The minimum absolute atomic E-state index is 0.157. The summed E-state index contributed by atoms with van der Waals surface area (Å²) in [6, 6.07) is 9.36. The summed E-state index contributed by atoms with van der Waals surface area (Å²) in [5, 5.41) is 12.6. The first kappa shape index (κ1) is 14.3. The van der Waals surface area contributed by atoms with Crippen molar-refractivity contribution in [2.45, 2.75) is 0 Å². The number of aromatic nitrogens is 3. The number of benzene rings is 2. The molecule has 0 saturated carbocycles. The van der Waals surface area contributed by atoms with Crippen molar-refractivity contribution in [2.75, 3.05) is 13.7 Å². The maximum atomic E-state index is 12.2. The number of hydrogen-bond donors (Lipinski definition) is 3. The maximum absolute atomic E-state index is 12.2. The number of nitrogens with one attached hydrogen (secondary N) is 3. The van der Waals surface area contributed by atoms with Gasteiger partial charge in [0.15, 0.2) is 0 Å². The molecule has 0 radical (unpaired) electrons. The van der Waals surface area contributed by atoms with Crippen LogP contribution in [-0.2, 0) is 9.53 Å². The Kier molecular flexibility index (Phi) is 3.19. The summed E-state index contributed by atoms with van der Waals surface area (Å²) >= 11 is 0. The van der Waals surface area contributed by atoms with Crippen LogP contribution in [-0.4, -0.2) is 40.7 Å². The van der Waals surface area contributed by atoms with E-state index in [4.69, 9.17) is 0 Å². The van der Waals surface area contributed by atoms with Gasteiger partial charge < -0.3 is 15.0 Å². The molecule has 4 aromatic rings. The molecule has 0 fully saturated rings. The molecule has 3 N–H and O–H groups in total. The third-order valence-electron chi connectivity index (χ3n) is 4.07. The van der Waals surface area contributed by atoms with Crippen LogP contribution >= 0.6 is 0 Å².